The molecular weight excluding hydrogens is 338 g/mol. The summed E-state index contributed by atoms with van der Waals surface area (Å²) in [5, 5.41) is 0. The molecule has 0 saturated carbocycles. The van der Waals surface area contributed by atoms with Gasteiger partial charge in [0, 0.05) is 23.0 Å². The summed E-state index contributed by atoms with van der Waals surface area (Å²) in [6, 6.07) is 10.1. The van der Waals surface area contributed by atoms with Gasteiger partial charge >= 0.3 is 0 Å². The van der Waals surface area contributed by atoms with Crippen molar-refractivity contribution in [3.05, 3.63) is 52.4 Å². The van der Waals surface area contributed by atoms with Gasteiger partial charge in [-0.3, -0.25) is 4.57 Å². The molecule has 0 N–H and O–H groups in total. The molecular formula is C15H13BrClN3. The highest BCUT2D eigenvalue weighted by molar-refractivity contribution is 9.10. The third-order valence-corrected chi connectivity index (χ3v) is 4.01. The van der Waals surface area contributed by atoms with Crippen molar-refractivity contribution in [3.8, 4) is 5.69 Å². The van der Waals surface area contributed by atoms with Gasteiger partial charge in [0.05, 0.1) is 5.69 Å². The number of halogens is 2. The Kier molecular flexibility index (Phi) is 3.76. The molecule has 0 bridgehead atoms. The number of hydrogen-bond acceptors (Lipinski definition) is 2. The van der Waals surface area contributed by atoms with Crippen LogP contribution in [0.4, 0.5) is 0 Å². The number of aryl methyl sites for hydroxylation is 2. The van der Waals surface area contributed by atoms with Gasteiger partial charge in [-0.05, 0) is 52.7 Å². The summed E-state index contributed by atoms with van der Waals surface area (Å²) < 4.78 is 3.10. The first-order chi connectivity index (χ1) is 9.70. The maximum atomic E-state index is 5.91. The van der Waals surface area contributed by atoms with E-state index in [1.54, 1.807) is 6.20 Å². The van der Waals surface area contributed by atoms with E-state index in [2.05, 4.69) is 49.5 Å². The molecule has 0 radical (unpaired) electrons. The Morgan fingerprint density at radius 2 is 2.15 bits per heavy atom. The molecule has 102 valence electrons. The van der Waals surface area contributed by atoms with Crippen molar-refractivity contribution in [3.63, 3.8) is 0 Å². The lowest BCUT2D eigenvalue weighted by Crippen LogP contribution is -2.04. The minimum absolute atomic E-state index is 0.534. The second-order valence-electron chi connectivity index (χ2n) is 4.60. The Labute approximate surface area is 130 Å². The fourth-order valence-corrected chi connectivity index (χ4v) is 2.85. The highest BCUT2D eigenvalue weighted by Crippen LogP contribution is 2.27. The molecule has 2 aromatic heterocycles. The molecule has 0 aliphatic rings. The van der Waals surface area contributed by atoms with Gasteiger partial charge in [-0.15, -0.1) is 11.6 Å². The summed E-state index contributed by atoms with van der Waals surface area (Å²) in [4.78, 5) is 9.11. The quantitative estimate of drug-likeness (QED) is 0.660. The van der Waals surface area contributed by atoms with Crippen LogP contribution >= 0.6 is 27.5 Å². The first-order valence-electron chi connectivity index (χ1n) is 6.35. The van der Waals surface area contributed by atoms with E-state index in [4.69, 9.17) is 11.6 Å². The standard InChI is InChI=1S/C15H13BrClN3/c1-10-4-5-11(16)13(9-10)20-14(6-7-17)19-12-3-2-8-18-15(12)20/h2-5,8-9H,6-7H2,1H3. The Balaban J connectivity index is 2.33. The van der Waals surface area contributed by atoms with Gasteiger partial charge in [-0.1, -0.05) is 6.07 Å². The molecule has 0 atom stereocenters. The van der Waals surface area contributed by atoms with Crippen LogP contribution in [-0.4, -0.2) is 20.4 Å². The van der Waals surface area contributed by atoms with Crippen LogP contribution in [0.3, 0.4) is 0 Å². The Hall–Kier alpha value is -1.39. The first kappa shape index (κ1) is 13.6. The summed E-state index contributed by atoms with van der Waals surface area (Å²) in [6.45, 7) is 2.07. The van der Waals surface area contributed by atoms with Crippen molar-refractivity contribution in [1.82, 2.24) is 14.5 Å². The minimum Gasteiger partial charge on any atom is -0.280 e. The van der Waals surface area contributed by atoms with E-state index < -0.39 is 0 Å². The van der Waals surface area contributed by atoms with E-state index in [-0.39, 0.29) is 0 Å². The number of imidazole rings is 1. The zero-order valence-corrected chi connectivity index (χ0v) is 13.3. The Morgan fingerprint density at radius 1 is 1.30 bits per heavy atom. The SMILES string of the molecule is Cc1ccc(Br)c(-n2c(CCCl)nc3cccnc32)c1. The van der Waals surface area contributed by atoms with Crippen LogP contribution in [0.25, 0.3) is 16.9 Å². The molecule has 0 aliphatic carbocycles. The highest BCUT2D eigenvalue weighted by atomic mass is 79.9. The number of nitrogens with zero attached hydrogens (tertiary/aromatic N) is 3. The number of rotatable bonds is 3. The summed E-state index contributed by atoms with van der Waals surface area (Å²) in [6.07, 6.45) is 2.49. The van der Waals surface area contributed by atoms with E-state index in [9.17, 15) is 0 Å². The maximum Gasteiger partial charge on any atom is 0.164 e. The fourth-order valence-electron chi connectivity index (χ4n) is 2.26. The summed E-state index contributed by atoms with van der Waals surface area (Å²) in [5.74, 6) is 1.47. The molecule has 3 rings (SSSR count). The second-order valence-corrected chi connectivity index (χ2v) is 5.84. The van der Waals surface area contributed by atoms with Crippen molar-refractivity contribution in [2.45, 2.75) is 13.3 Å². The predicted octanol–water partition coefficient (Wildman–Crippen LogP) is 4.27. The lowest BCUT2D eigenvalue weighted by Gasteiger charge is -2.11. The van der Waals surface area contributed by atoms with E-state index in [1.165, 1.54) is 5.56 Å². The number of pyridine rings is 1. The summed E-state index contributed by atoms with van der Waals surface area (Å²) >= 11 is 9.52. The van der Waals surface area contributed by atoms with Crippen LogP contribution in [0, 0.1) is 6.92 Å². The largest absolute Gasteiger partial charge is 0.280 e. The van der Waals surface area contributed by atoms with Crippen molar-refractivity contribution < 1.29 is 0 Å². The monoisotopic (exact) mass is 349 g/mol. The Bertz CT molecular complexity index is 767. The van der Waals surface area contributed by atoms with Crippen LogP contribution in [-0.2, 0) is 6.42 Å². The summed E-state index contributed by atoms with van der Waals surface area (Å²) in [7, 11) is 0. The predicted molar refractivity (Wildman–Crippen MR) is 85.7 cm³/mol. The number of benzene rings is 1. The average molecular weight is 351 g/mol. The van der Waals surface area contributed by atoms with E-state index >= 15 is 0 Å². The van der Waals surface area contributed by atoms with E-state index in [0.29, 0.717) is 12.3 Å². The normalized spacial score (nSPS) is 11.2. The minimum atomic E-state index is 0.534. The molecule has 5 heteroatoms. The van der Waals surface area contributed by atoms with Gasteiger partial charge in [0.15, 0.2) is 5.65 Å². The lowest BCUT2D eigenvalue weighted by atomic mass is 10.2. The number of hydrogen-bond donors (Lipinski definition) is 0. The zero-order chi connectivity index (χ0) is 14.1. The van der Waals surface area contributed by atoms with Crippen LogP contribution in [0.5, 0.6) is 0 Å². The number of aromatic nitrogens is 3. The number of fused-ring (bicyclic) bond motifs is 1. The van der Waals surface area contributed by atoms with Gasteiger partial charge in [-0.25, -0.2) is 9.97 Å². The third-order valence-electron chi connectivity index (χ3n) is 3.15. The smallest absolute Gasteiger partial charge is 0.164 e. The first-order valence-corrected chi connectivity index (χ1v) is 7.68. The van der Waals surface area contributed by atoms with E-state index in [0.717, 1.165) is 27.1 Å². The van der Waals surface area contributed by atoms with Crippen LogP contribution < -0.4 is 0 Å². The van der Waals surface area contributed by atoms with E-state index in [1.807, 2.05) is 18.2 Å². The molecule has 2 heterocycles. The van der Waals surface area contributed by atoms with Gasteiger partial charge < -0.3 is 0 Å². The van der Waals surface area contributed by atoms with Gasteiger partial charge in [0.25, 0.3) is 0 Å². The van der Waals surface area contributed by atoms with Crippen LogP contribution in [0.2, 0.25) is 0 Å². The molecule has 3 aromatic rings. The molecule has 3 nitrogen and oxygen atoms in total. The zero-order valence-electron chi connectivity index (χ0n) is 11.0. The van der Waals surface area contributed by atoms with Crippen LogP contribution in [0.15, 0.2) is 41.0 Å². The average Bonchev–Trinajstić information content (AvgIpc) is 2.80. The topological polar surface area (TPSA) is 30.7 Å². The molecule has 0 aliphatic heterocycles. The van der Waals surface area contributed by atoms with Crippen molar-refractivity contribution >= 4 is 38.7 Å². The molecule has 20 heavy (non-hydrogen) atoms. The van der Waals surface area contributed by atoms with Gasteiger partial charge in [0.2, 0.25) is 0 Å². The second kappa shape index (κ2) is 5.54. The molecule has 0 unspecified atom stereocenters. The summed E-state index contributed by atoms with van der Waals surface area (Å²) in [5.41, 5.74) is 3.99. The van der Waals surface area contributed by atoms with Gasteiger partial charge in [-0.2, -0.15) is 0 Å². The lowest BCUT2D eigenvalue weighted by molar-refractivity contribution is 0.901. The maximum absolute atomic E-state index is 5.91. The third kappa shape index (κ3) is 2.34. The van der Waals surface area contributed by atoms with Crippen LogP contribution in [0.1, 0.15) is 11.4 Å². The molecule has 0 fully saturated rings. The Morgan fingerprint density at radius 3 is 2.95 bits per heavy atom. The molecule has 0 amide bonds. The van der Waals surface area contributed by atoms with Crippen molar-refractivity contribution in [1.29, 1.82) is 0 Å². The molecule has 0 spiro atoms. The molecule has 1 aromatic carbocycles. The number of alkyl halides is 1. The van der Waals surface area contributed by atoms with Gasteiger partial charge in [0.1, 0.15) is 11.3 Å². The van der Waals surface area contributed by atoms with Crippen molar-refractivity contribution in [2.24, 2.45) is 0 Å². The fraction of sp³-hybridized carbons (Fsp3) is 0.200. The highest BCUT2D eigenvalue weighted by Gasteiger charge is 2.15. The van der Waals surface area contributed by atoms with Crippen molar-refractivity contribution in [2.75, 3.05) is 5.88 Å². The molecule has 0 saturated heterocycles.